The predicted octanol–water partition coefficient (Wildman–Crippen LogP) is 1.86. The van der Waals surface area contributed by atoms with E-state index in [0.29, 0.717) is 35.3 Å². The fraction of sp³-hybridized carbons (Fsp3) is 0.364. The van der Waals surface area contributed by atoms with Gasteiger partial charge in [0.25, 0.3) is 0 Å². The van der Waals surface area contributed by atoms with Crippen molar-refractivity contribution in [2.75, 3.05) is 11.9 Å². The second kappa shape index (κ2) is 4.33. The van der Waals surface area contributed by atoms with Crippen LogP contribution in [0.4, 0.5) is 5.69 Å². The third kappa shape index (κ3) is 2.55. The van der Waals surface area contributed by atoms with Crippen LogP contribution in [0.3, 0.4) is 0 Å². The first-order valence-electron chi connectivity index (χ1n) is 5.11. The normalized spacial score (nSPS) is 17.2. The van der Waals surface area contributed by atoms with Crippen molar-refractivity contribution in [2.24, 2.45) is 4.99 Å². The van der Waals surface area contributed by atoms with Crippen LogP contribution in [0.1, 0.15) is 19.5 Å². The number of amides is 1. The molecule has 0 aromatic carbocycles. The Bertz CT molecular complexity index is 486. The standard InChI is InChI=1S/C11H12ClN3O2/c1-11(2)5-14-10(17-11)9-8(12)3-7(4-13-9)15-6-16/h3-4,6H,5H2,1-2H3,(H,15,16). The molecule has 0 saturated carbocycles. The number of nitrogens with one attached hydrogen (secondary N) is 1. The molecule has 0 saturated heterocycles. The summed E-state index contributed by atoms with van der Waals surface area (Å²) < 4.78 is 5.63. The maximum atomic E-state index is 10.3. The number of halogens is 1. The molecule has 2 heterocycles. The van der Waals surface area contributed by atoms with Gasteiger partial charge in [-0.3, -0.25) is 4.79 Å². The van der Waals surface area contributed by atoms with E-state index in [9.17, 15) is 4.79 Å². The molecule has 0 unspecified atom stereocenters. The lowest BCUT2D eigenvalue weighted by molar-refractivity contribution is -0.105. The van der Waals surface area contributed by atoms with Gasteiger partial charge in [-0.05, 0) is 19.9 Å². The molecule has 90 valence electrons. The second-order valence-corrected chi connectivity index (χ2v) is 4.71. The van der Waals surface area contributed by atoms with Gasteiger partial charge in [0.1, 0.15) is 11.3 Å². The van der Waals surface area contributed by atoms with Crippen molar-refractivity contribution in [2.45, 2.75) is 19.4 Å². The van der Waals surface area contributed by atoms with Gasteiger partial charge in [0.05, 0.1) is 23.5 Å². The fourth-order valence-electron chi connectivity index (χ4n) is 1.45. The first kappa shape index (κ1) is 11.9. The maximum absolute atomic E-state index is 10.3. The van der Waals surface area contributed by atoms with Crippen molar-refractivity contribution in [3.8, 4) is 0 Å². The van der Waals surface area contributed by atoms with Gasteiger partial charge in [0.2, 0.25) is 12.3 Å². The van der Waals surface area contributed by atoms with Crippen molar-refractivity contribution >= 4 is 29.6 Å². The van der Waals surface area contributed by atoms with Gasteiger partial charge in [-0.25, -0.2) is 9.98 Å². The van der Waals surface area contributed by atoms with Gasteiger partial charge in [-0.2, -0.15) is 0 Å². The lowest BCUT2D eigenvalue weighted by atomic mass is 10.1. The largest absolute Gasteiger partial charge is 0.468 e. The van der Waals surface area contributed by atoms with Crippen LogP contribution in [-0.4, -0.2) is 29.4 Å². The van der Waals surface area contributed by atoms with Crippen molar-refractivity contribution in [3.05, 3.63) is 23.0 Å². The molecule has 0 aliphatic carbocycles. The van der Waals surface area contributed by atoms with Crippen molar-refractivity contribution in [1.29, 1.82) is 0 Å². The lowest BCUT2D eigenvalue weighted by Crippen LogP contribution is -2.24. The van der Waals surface area contributed by atoms with Gasteiger partial charge in [-0.15, -0.1) is 0 Å². The molecule has 1 aromatic rings. The number of aromatic nitrogens is 1. The van der Waals surface area contributed by atoms with E-state index in [1.54, 1.807) is 6.07 Å². The van der Waals surface area contributed by atoms with Crippen molar-refractivity contribution in [3.63, 3.8) is 0 Å². The Labute approximate surface area is 104 Å². The molecule has 6 heteroatoms. The van der Waals surface area contributed by atoms with E-state index in [1.165, 1.54) is 6.20 Å². The summed E-state index contributed by atoms with van der Waals surface area (Å²) in [5, 5.41) is 2.87. The van der Waals surface area contributed by atoms with Gasteiger partial charge in [0.15, 0.2) is 0 Å². The molecule has 0 spiro atoms. The molecule has 1 aliphatic rings. The van der Waals surface area contributed by atoms with E-state index >= 15 is 0 Å². The minimum atomic E-state index is -0.319. The van der Waals surface area contributed by atoms with Gasteiger partial charge in [0, 0.05) is 0 Å². The highest BCUT2D eigenvalue weighted by molar-refractivity contribution is 6.33. The van der Waals surface area contributed by atoms with Crippen molar-refractivity contribution < 1.29 is 9.53 Å². The molecule has 17 heavy (non-hydrogen) atoms. The fourth-order valence-corrected chi connectivity index (χ4v) is 1.70. The summed E-state index contributed by atoms with van der Waals surface area (Å²) in [5.41, 5.74) is 0.709. The maximum Gasteiger partial charge on any atom is 0.237 e. The minimum Gasteiger partial charge on any atom is -0.468 e. The van der Waals surface area contributed by atoms with E-state index < -0.39 is 0 Å². The van der Waals surface area contributed by atoms with Crippen LogP contribution in [0.15, 0.2) is 17.3 Å². The molecular weight excluding hydrogens is 242 g/mol. The molecule has 0 bridgehead atoms. The minimum absolute atomic E-state index is 0.319. The number of hydrogen-bond acceptors (Lipinski definition) is 4. The van der Waals surface area contributed by atoms with Gasteiger partial charge < -0.3 is 10.1 Å². The van der Waals surface area contributed by atoms with Crippen molar-refractivity contribution in [1.82, 2.24) is 4.98 Å². The number of nitrogens with zero attached hydrogens (tertiary/aromatic N) is 2. The monoisotopic (exact) mass is 253 g/mol. The number of aliphatic imine (C=N–C) groups is 1. The molecule has 1 amide bonds. The third-order valence-electron chi connectivity index (χ3n) is 2.25. The number of hydrogen-bond donors (Lipinski definition) is 1. The third-order valence-corrected chi connectivity index (χ3v) is 2.53. The lowest BCUT2D eigenvalue weighted by Gasteiger charge is -2.17. The van der Waals surface area contributed by atoms with Gasteiger partial charge >= 0.3 is 0 Å². The van der Waals surface area contributed by atoms with E-state index in [4.69, 9.17) is 16.3 Å². The van der Waals surface area contributed by atoms with E-state index in [1.807, 2.05) is 13.8 Å². The molecule has 1 aromatic heterocycles. The number of pyridine rings is 1. The van der Waals surface area contributed by atoms with Crippen LogP contribution in [0, 0.1) is 0 Å². The van der Waals surface area contributed by atoms with E-state index in [-0.39, 0.29) is 5.60 Å². The quantitative estimate of drug-likeness (QED) is 0.837. The molecule has 0 fully saturated rings. The first-order valence-corrected chi connectivity index (χ1v) is 5.49. The molecule has 0 atom stereocenters. The van der Waals surface area contributed by atoms with Gasteiger partial charge in [-0.1, -0.05) is 11.6 Å². The predicted molar refractivity (Wildman–Crippen MR) is 65.5 cm³/mol. The van der Waals surface area contributed by atoms with E-state index in [0.717, 1.165) is 0 Å². The Hall–Kier alpha value is -1.62. The molecule has 1 N–H and O–H groups in total. The highest BCUT2D eigenvalue weighted by Gasteiger charge is 2.30. The zero-order chi connectivity index (χ0) is 12.5. The molecule has 5 nitrogen and oxygen atoms in total. The molecule has 1 aliphatic heterocycles. The summed E-state index contributed by atoms with van der Waals surface area (Å²) in [5.74, 6) is 0.442. The Morgan fingerprint density at radius 2 is 2.35 bits per heavy atom. The Morgan fingerprint density at radius 1 is 1.59 bits per heavy atom. The number of anilines is 1. The summed E-state index contributed by atoms with van der Waals surface area (Å²) in [6, 6.07) is 1.61. The zero-order valence-electron chi connectivity index (χ0n) is 9.53. The Balaban J connectivity index is 2.26. The Kier molecular flexibility index (Phi) is 3.02. The topological polar surface area (TPSA) is 63.6 Å². The van der Waals surface area contributed by atoms with Crippen LogP contribution in [0.5, 0.6) is 0 Å². The van der Waals surface area contributed by atoms with E-state index in [2.05, 4.69) is 15.3 Å². The number of carbonyl (C=O) groups is 1. The summed E-state index contributed by atoms with van der Waals surface area (Å²) in [4.78, 5) is 18.7. The summed E-state index contributed by atoms with van der Waals surface area (Å²) in [7, 11) is 0. The number of ether oxygens (including phenoxy) is 1. The SMILES string of the molecule is CC1(C)CN=C(c2ncc(NC=O)cc2Cl)O1. The first-order chi connectivity index (χ1) is 8.02. The smallest absolute Gasteiger partial charge is 0.237 e. The van der Waals surface area contributed by atoms with Crippen LogP contribution < -0.4 is 5.32 Å². The summed E-state index contributed by atoms with van der Waals surface area (Å²) >= 11 is 6.06. The molecule has 2 rings (SSSR count). The molecular formula is C11H12ClN3O2. The van der Waals surface area contributed by atoms with Crippen LogP contribution in [0.2, 0.25) is 5.02 Å². The summed E-state index contributed by atoms with van der Waals surface area (Å²) in [6.07, 6.45) is 2.08. The highest BCUT2D eigenvalue weighted by Crippen LogP contribution is 2.25. The average molecular weight is 254 g/mol. The highest BCUT2D eigenvalue weighted by atomic mass is 35.5. The average Bonchev–Trinajstić information content (AvgIpc) is 2.59. The Morgan fingerprint density at radius 3 is 2.88 bits per heavy atom. The van der Waals surface area contributed by atoms with Crippen LogP contribution >= 0.6 is 11.6 Å². The van der Waals surface area contributed by atoms with Crippen LogP contribution in [-0.2, 0) is 9.53 Å². The zero-order valence-corrected chi connectivity index (χ0v) is 10.3. The second-order valence-electron chi connectivity index (χ2n) is 4.30. The number of carbonyl (C=O) groups excluding carboxylic acids is 1. The van der Waals surface area contributed by atoms with Crippen LogP contribution in [0.25, 0.3) is 0 Å². The summed E-state index contributed by atoms with van der Waals surface area (Å²) in [6.45, 7) is 4.47. The molecule has 0 radical (unpaired) electrons. The number of rotatable bonds is 3.